The van der Waals surface area contributed by atoms with E-state index in [1.54, 1.807) is 6.08 Å². The van der Waals surface area contributed by atoms with Gasteiger partial charge in [0, 0.05) is 0 Å². The van der Waals surface area contributed by atoms with E-state index < -0.39 is 0 Å². The van der Waals surface area contributed by atoms with E-state index in [9.17, 15) is 5.11 Å². The third kappa shape index (κ3) is 1.82. The van der Waals surface area contributed by atoms with Crippen molar-refractivity contribution in [2.75, 3.05) is 6.61 Å². The molecule has 0 aromatic rings. The molecule has 2 nitrogen and oxygen atoms in total. The Bertz CT molecular complexity index is 112. The van der Waals surface area contributed by atoms with Crippen molar-refractivity contribution in [2.24, 2.45) is 0 Å². The highest BCUT2D eigenvalue weighted by Crippen LogP contribution is 2.21. The van der Waals surface area contributed by atoms with Gasteiger partial charge in [-0.2, -0.15) is 0 Å². The molecule has 1 rings (SSSR count). The second-order valence-corrected chi connectivity index (χ2v) is 2.66. The van der Waals surface area contributed by atoms with Crippen LogP contribution in [0.15, 0.2) is 12.7 Å². The quantitative estimate of drug-likeness (QED) is 0.598. The normalized spacial score (nSPS) is 32.5. The summed E-state index contributed by atoms with van der Waals surface area (Å²) >= 11 is 0. The van der Waals surface area contributed by atoms with Crippen molar-refractivity contribution >= 4 is 0 Å². The van der Waals surface area contributed by atoms with Gasteiger partial charge in [-0.3, -0.25) is 0 Å². The van der Waals surface area contributed by atoms with Crippen LogP contribution in [0, 0.1) is 0 Å². The molecule has 0 saturated heterocycles. The van der Waals surface area contributed by atoms with Crippen molar-refractivity contribution < 1.29 is 9.84 Å². The molecular formula is C8H14O2. The maximum atomic E-state index is 9.26. The number of aliphatic hydroxyl groups is 1. The summed E-state index contributed by atoms with van der Waals surface area (Å²) in [6, 6.07) is 0. The van der Waals surface area contributed by atoms with Crippen LogP contribution < -0.4 is 0 Å². The standard InChI is InChI=1S/C8H14O2/c1-2-6-10-8-5-3-4-7(8)9/h2,7-9H,1,3-6H2/t7-,8+/m0/s1. The van der Waals surface area contributed by atoms with Crippen LogP contribution in [0.2, 0.25) is 0 Å². The highest BCUT2D eigenvalue weighted by molar-refractivity contribution is 4.78. The second-order valence-electron chi connectivity index (χ2n) is 2.66. The first-order valence-electron chi connectivity index (χ1n) is 3.75. The minimum atomic E-state index is -0.236. The Kier molecular flexibility index (Phi) is 2.90. The van der Waals surface area contributed by atoms with Crippen molar-refractivity contribution in [3.63, 3.8) is 0 Å². The van der Waals surface area contributed by atoms with Crippen LogP contribution in [0.3, 0.4) is 0 Å². The Hall–Kier alpha value is -0.340. The topological polar surface area (TPSA) is 29.5 Å². The lowest BCUT2D eigenvalue weighted by Gasteiger charge is -2.13. The van der Waals surface area contributed by atoms with Gasteiger partial charge in [0.2, 0.25) is 0 Å². The molecule has 2 heteroatoms. The highest BCUT2D eigenvalue weighted by Gasteiger charge is 2.24. The molecule has 1 saturated carbocycles. The van der Waals surface area contributed by atoms with Gasteiger partial charge < -0.3 is 9.84 Å². The summed E-state index contributed by atoms with van der Waals surface area (Å²) in [4.78, 5) is 0. The van der Waals surface area contributed by atoms with Crippen molar-refractivity contribution in [1.82, 2.24) is 0 Å². The van der Waals surface area contributed by atoms with Gasteiger partial charge in [0.25, 0.3) is 0 Å². The molecule has 0 heterocycles. The summed E-state index contributed by atoms with van der Waals surface area (Å²) in [5.74, 6) is 0. The first-order chi connectivity index (χ1) is 4.84. The van der Waals surface area contributed by atoms with Crippen molar-refractivity contribution in [1.29, 1.82) is 0 Å². The molecule has 2 atom stereocenters. The van der Waals surface area contributed by atoms with E-state index in [0.29, 0.717) is 6.61 Å². The van der Waals surface area contributed by atoms with Gasteiger partial charge in [-0.05, 0) is 19.3 Å². The van der Waals surface area contributed by atoms with Gasteiger partial charge in [-0.15, -0.1) is 6.58 Å². The largest absolute Gasteiger partial charge is 0.390 e. The first kappa shape index (κ1) is 7.76. The van der Waals surface area contributed by atoms with Crippen LogP contribution >= 0.6 is 0 Å². The smallest absolute Gasteiger partial charge is 0.0838 e. The van der Waals surface area contributed by atoms with Gasteiger partial charge >= 0.3 is 0 Å². The van der Waals surface area contributed by atoms with Crippen LogP contribution in [0.25, 0.3) is 0 Å². The maximum absolute atomic E-state index is 9.26. The van der Waals surface area contributed by atoms with E-state index in [1.165, 1.54) is 0 Å². The molecule has 0 aromatic carbocycles. The SMILES string of the molecule is C=CCO[C@@H]1CCC[C@@H]1O. The molecule has 1 N–H and O–H groups in total. The molecule has 1 aliphatic rings. The fourth-order valence-electron chi connectivity index (χ4n) is 1.29. The van der Waals surface area contributed by atoms with Gasteiger partial charge in [-0.1, -0.05) is 6.08 Å². The molecule has 0 unspecified atom stereocenters. The van der Waals surface area contributed by atoms with E-state index in [4.69, 9.17) is 4.74 Å². The van der Waals surface area contributed by atoms with Crippen LogP contribution in [0.5, 0.6) is 0 Å². The molecule has 58 valence electrons. The van der Waals surface area contributed by atoms with E-state index in [2.05, 4.69) is 6.58 Å². The Labute approximate surface area is 61.5 Å². The average Bonchev–Trinajstić information content (AvgIpc) is 2.31. The highest BCUT2D eigenvalue weighted by atomic mass is 16.5. The minimum Gasteiger partial charge on any atom is -0.390 e. The average molecular weight is 142 g/mol. The lowest BCUT2D eigenvalue weighted by Crippen LogP contribution is -2.22. The fourth-order valence-corrected chi connectivity index (χ4v) is 1.29. The predicted octanol–water partition coefficient (Wildman–Crippen LogP) is 1.10. The third-order valence-electron chi connectivity index (χ3n) is 1.85. The number of hydrogen-bond acceptors (Lipinski definition) is 2. The van der Waals surface area contributed by atoms with Gasteiger partial charge in [-0.25, -0.2) is 0 Å². The first-order valence-corrected chi connectivity index (χ1v) is 3.75. The van der Waals surface area contributed by atoms with E-state index in [1.807, 2.05) is 0 Å². The fraction of sp³-hybridized carbons (Fsp3) is 0.750. The molecule has 1 fully saturated rings. The molecule has 0 aromatic heterocycles. The monoisotopic (exact) mass is 142 g/mol. The molecule has 0 spiro atoms. The summed E-state index contributed by atoms with van der Waals surface area (Å²) in [5, 5.41) is 9.26. The molecule has 0 aliphatic heterocycles. The Morgan fingerprint density at radius 3 is 2.90 bits per heavy atom. The lowest BCUT2D eigenvalue weighted by molar-refractivity contribution is -0.00618. The van der Waals surface area contributed by atoms with Crippen LogP contribution in [-0.2, 0) is 4.74 Å². The molecule has 0 radical (unpaired) electrons. The lowest BCUT2D eigenvalue weighted by atomic mass is 10.3. The van der Waals surface area contributed by atoms with Gasteiger partial charge in [0.05, 0.1) is 18.8 Å². The Balaban J connectivity index is 2.19. The number of hydrogen-bond donors (Lipinski definition) is 1. The van der Waals surface area contributed by atoms with Crippen molar-refractivity contribution in [3.05, 3.63) is 12.7 Å². The van der Waals surface area contributed by atoms with Crippen molar-refractivity contribution in [2.45, 2.75) is 31.5 Å². The molecule has 0 amide bonds. The summed E-state index contributed by atoms with van der Waals surface area (Å²) in [6.45, 7) is 4.10. The summed E-state index contributed by atoms with van der Waals surface area (Å²) in [7, 11) is 0. The zero-order valence-corrected chi connectivity index (χ0v) is 6.12. The minimum absolute atomic E-state index is 0.0676. The van der Waals surface area contributed by atoms with E-state index in [-0.39, 0.29) is 12.2 Å². The zero-order valence-electron chi connectivity index (χ0n) is 6.12. The van der Waals surface area contributed by atoms with Gasteiger partial charge in [0.1, 0.15) is 0 Å². The maximum Gasteiger partial charge on any atom is 0.0838 e. The zero-order chi connectivity index (χ0) is 7.40. The van der Waals surface area contributed by atoms with Crippen LogP contribution in [0.1, 0.15) is 19.3 Å². The summed E-state index contributed by atoms with van der Waals surface area (Å²) < 4.78 is 5.30. The van der Waals surface area contributed by atoms with Crippen LogP contribution in [0.4, 0.5) is 0 Å². The third-order valence-corrected chi connectivity index (χ3v) is 1.85. The second kappa shape index (κ2) is 3.74. The predicted molar refractivity (Wildman–Crippen MR) is 39.8 cm³/mol. The molecular weight excluding hydrogens is 128 g/mol. The Morgan fingerprint density at radius 2 is 2.40 bits per heavy atom. The number of aliphatic hydroxyl groups excluding tert-OH is 1. The van der Waals surface area contributed by atoms with Crippen molar-refractivity contribution in [3.8, 4) is 0 Å². The number of rotatable bonds is 3. The summed E-state index contributed by atoms with van der Waals surface area (Å²) in [6.07, 6.45) is 4.52. The number of ether oxygens (including phenoxy) is 1. The summed E-state index contributed by atoms with van der Waals surface area (Å²) in [5.41, 5.74) is 0. The van der Waals surface area contributed by atoms with Crippen LogP contribution in [-0.4, -0.2) is 23.9 Å². The molecule has 10 heavy (non-hydrogen) atoms. The molecule has 0 bridgehead atoms. The molecule has 1 aliphatic carbocycles. The Morgan fingerprint density at radius 1 is 1.60 bits per heavy atom. The van der Waals surface area contributed by atoms with E-state index in [0.717, 1.165) is 19.3 Å². The van der Waals surface area contributed by atoms with E-state index >= 15 is 0 Å². The van der Waals surface area contributed by atoms with Gasteiger partial charge in [0.15, 0.2) is 0 Å².